The Morgan fingerprint density at radius 1 is 1.18 bits per heavy atom. The molecule has 2 aromatic heterocycles. The summed E-state index contributed by atoms with van der Waals surface area (Å²) >= 11 is 1.73. The molecule has 1 aliphatic heterocycles. The number of alkyl halides is 3. The molecule has 3 atom stereocenters. The molecule has 2 N–H and O–H groups in total. The fraction of sp³-hybridized carbons (Fsp3) is 0.310. The summed E-state index contributed by atoms with van der Waals surface area (Å²) in [4.78, 5) is 17.3. The number of pyridine rings is 1. The Balaban J connectivity index is 1.37. The van der Waals surface area contributed by atoms with E-state index in [4.69, 9.17) is 0 Å². The molecule has 0 amide bonds. The van der Waals surface area contributed by atoms with Crippen LogP contribution in [0.25, 0.3) is 10.1 Å². The molecule has 4 aromatic rings. The van der Waals surface area contributed by atoms with Gasteiger partial charge in [0.15, 0.2) is 0 Å². The minimum Gasteiger partial charge on any atom is -0.478 e. The minimum atomic E-state index is -4.78. The van der Waals surface area contributed by atoms with Gasteiger partial charge in [-0.15, -0.1) is 11.3 Å². The lowest BCUT2D eigenvalue weighted by atomic mass is 9.80. The Hall–Kier alpha value is -3.43. The van der Waals surface area contributed by atoms with Gasteiger partial charge in [-0.1, -0.05) is 48.5 Å². The predicted molar refractivity (Wildman–Crippen MR) is 144 cm³/mol. The highest BCUT2D eigenvalue weighted by molar-refractivity contribution is 7.17. The smallest absolute Gasteiger partial charge is 0.417 e. The summed E-state index contributed by atoms with van der Waals surface area (Å²) in [5.41, 5.74) is 0.374. The van der Waals surface area contributed by atoms with Crippen molar-refractivity contribution in [2.24, 2.45) is 5.92 Å². The zero-order chi connectivity index (χ0) is 26.9. The van der Waals surface area contributed by atoms with E-state index in [1.54, 1.807) is 11.3 Å². The molecule has 5 nitrogen and oxygen atoms in total. The monoisotopic (exact) mass is 539 g/mol. The van der Waals surface area contributed by atoms with E-state index in [0.29, 0.717) is 13.1 Å². The maximum atomic E-state index is 13.6. The van der Waals surface area contributed by atoms with Crippen LogP contribution >= 0.6 is 11.3 Å². The summed E-state index contributed by atoms with van der Waals surface area (Å²) < 4.78 is 42.2. The van der Waals surface area contributed by atoms with Gasteiger partial charge in [0.2, 0.25) is 0 Å². The van der Waals surface area contributed by atoms with Gasteiger partial charge in [-0.25, -0.2) is 9.78 Å². The molecule has 0 saturated carbocycles. The molecule has 0 bridgehead atoms. The Kier molecular flexibility index (Phi) is 7.40. The van der Waals surface area contributed by atoms with Gasteiger partial charge in [-0.05, 0) is 59.8 Å². The maximum absolute atomic E-state index is 13.6. The number of rotatable bonds is 7. The van der Waals surface area contributed by atoms with Crippen LogP contribution in [0.15, 0.2) is 72.2 Å². The number of hydrogen-bond donors (Lipinski definition) is 2. The van der Waals surface area contributed by atoms with Crippen molar-refractivity contribution < 1.29 is 23.1 Å². The van der Waals surface area contributed by atoms with Crippen LogP contribution in [0.3, 0.4) is 0 Å². The molecule has 5 rings (SSSR count). The Labute approximate surface area is 222 Å². The third kappa shape index (κ3) is 5.39. The van der Waals surface area contributed by atoms with Crippen molar-refractivity contribution in [1.82, 2.24) is 10.3 Å². The van der Waals surface area contributed by atoms with E-state index in [0.717, 1.165) is 30.8 Å². The molecule has 9 heteroatoms. The van der Waals surface area contributed by atoms with Gasteiger partial charge in [0, 0.05) is 35.9 Å². The van der Waals surface area contributed by atoms with Crippen LogP contribution < -0.4 is 10.2 Å². The van der Waals surface area contributed by atoms with Gasteiger partial charge in [0.1, 0.15) is 5.82 Å². The number of carboxylic acids is 1. The quantitative estimate of drug-likeness (QED) is 0.265. The van der Waals surface area contributed by atoms with E-state index in [9.17, 15) is 23.1 Å². The topological polar surface area (TPSA) is 65.5 Å². The lowest BCUT2D eigenvalue weighted by molar-refractivity contribution is -0.138. The third-order valence-electron chi connectivity index (χ3n) is 7.40. The van der Waals surface area contributed by atoms with Gasteiger partial charge >= 0.3 is 12.1 Å². The molecule has 0 spiro atoms. The van der Waals surface area contributed by atoms with Gasteiger partial charge in [0.25, 0.3) is 0 Å². The molecule has 2 unspecified atom stereocenters. The molecular formula is C29H28F3N3O2S. The average molecular weight is 540 g/mol. The van der Waals surface area contributed by atoms with E-state index in [1.807, 2.05) is 35.2 Å². The number of aromatic nitrogens is 1. The van der Waals surface area contributed by atoms with Gasteiger partial charge in [0.05, 0.1) is 11.1 Å². The number of fused-ring (bicyclic) bond motifs is 1. The normalized spacial score (nSPS) is 19.0. The van der Waals surface area contributed by atoms with Crippen molar-refractivity contribution in [2.45, 2.75) is 31.5 Å². The molecule has 38 heavy (non-hydrogen) atoms. The number of carbonyl (C=O) groups is 1. The van der Waals surface area contributed by atoms with Gasteiger partial charge < -0.3 is 15.3 Å². The fourth-order valence-electron chi connectivity index (χ4n) is 5.32. The van der Waals surface area contributed by atoms with E-state index < -0.39 is 23.3 Å². The van der Waals surface area contributed by atoms with Gasteiger partial charge in [-0.3, -0.25) is 0 Å². The predicted octanol–water partition coefficient (Wildman–Crippen LogP) is 6.97. The lowest BCUT2D eigenvalue weighted by Crippen LogP contribution is -2.43. The Morgan fingerprint density at radius 2 is 1.92 bits per heavy atom. The zero-order valence-corrected chi connectivity index (χ0v) is 21.6. The number of benzene rings is 2. The molecule has 0 aliphatic carbocycles. The second-order valence-corrected chi connectivity index (χ2v) is 10.6. The molecular weight excluding hydrogens is 511 g/mol. The molecule has 1 fully saturated rings. The van der Waals surface area contributed by atoms with Crippen LogP contribution in [0, 0.1) is 5.92 Å². The first-order chi connectivity index (χ1) is 18.2. The van der Waals surface area contributed by atoms with Crippen molar-refractivity contribution >= 4 is 33.2 Å². The first-order valence-corrected chi connectivity index (χ1v) is 13.4. The van der Waals surface area contributed by atoms with E-state index in [2.05, 4.69) is 46.9 Å². The van der Waals surface area contributed by atoms with Crippen LogP contribution in [-0.4, -0.2) is 35.7 Å². The van der Waals surface area contributed by atoms with Gasteiger partial charge in [-0.2, -0.15) is 13.2 Å². The van der Waals surface area contributed by atoms with Crippen molar-refractivity contribution in [3.05, 3.63) is 94.5 Å². The lowest BCUT2D eigenvalue weighted by Gasteiger charge is -2.40. The highest BCUT2D eigenvalue weighted by atomic mass is 32.1. The SMILES string of the molecule is C[C@@H](NCC1CCN(c2cc(C(F)(F)F)c(C(=O)O)cn2)CC1c1ccccc1)c1csc2ccccc12. The number of anilines is 1. The molecule has 0 radical (unpaired) electrons. The van der Waals surface area contributed by atoms with Crippen LogP contribution in [-0.2, 0) is 6.18 Å². The van der Waals surface area contributed by atoms with E-state index in [-0.39, 0.29) is 23.7 Å². The first-order valence-electron chi connectivity index (χ1n) is 12.5. The fourth-order valence-corrected chi connectivity index (χ4v) is 6.38. The summed E-state index contributed by atoms with van der Waals surface area (Å²) in [5, 5.41) is 16.4. The van der Waals surface area contributed by atoms with Crippen LogP contribution in [0.2, 0.25) is 0 Å². The summed E-state index contributed by atoms with van der Waals surface area (Å²) in [7, 11) is 0. The summed E-state index contributed by atoms with van der Waals surface area (Å²) in [6.45, 7) is 3.94. The summed E-state index contributed by atoms with van der Waals surface area (Å²) in [6.07, 6.45) is -3.21. The molecule has 2 aromatic carbocycles. The summed E-state index contributed by atoms with van der Waals surface area (Å²) in [6, 6.07) is 19.4. The van der Waals surface area contributed by atoms with Crippen molar-refractivity contribution in [1.29, 1.82) is 0 Å². The first kappa shape index (κ1) is 26.2. The van der Waals surface area contributed by atoms with E-state index >= 15 is 0 Å². The third-order valence-corrected chi connectivity index (χ3v) is 8.38. The molecule has 1 saturated heterocycles. The van der Waals surface area contributed by atoms with Crippen LogP contribution in [0.1, 0.15) is 52.4 Å². The minimum absolute atomic E-state index is 0.0687. The zero-order valence-electron chi connectivity index (χ0n) is 20.8. The number of nitrogens with one attached hydrogen (secondary N) is 1. The molecule has 3 heterocycles. The number of thiophene rings is 1. The van der Waals surface area contributed by atoms with Crippen molar-refractivity contribution in [3.8, 4) is 0 Å². The second kappa shape index (κ2) is 10.7. The van der Waals surface area contributed by atoms with Crippen molar-refractivity contribution in [3.63, 3.8) is 0 Å². The maximum Gasteiger partial charge on any atom is 0.417 e. The number of piperidine rings is 1. The van der Waals surface area contributed by atoms with Crippen LogP contribution in [0.5, 0.6) is 0 Å². The number of aromatic carboxylic acids is 1. The summed E-state index contributed by atoms with van der Waals surface area (Å²) in [5.74, 6) is -1.16. The highest BCUT2D eigenvalue weighted by Gasteiger charge is 2.38. The molecule has 198 valence electrons. The average Bonchev–Trinajstić information content (AvgIpc) is 3.36. The largest absolute Gasteiger partial charge is 0.478 e. The Morgan fingerprint density at radius 3 is 2.66 bits per heavy atom. The number of nitrogens with zero attached hydrogens (tertiary/aromatic N) is 2. The molecule has 1 aliphatic rings. The standard InChI is InChI=1S/C29H28F3N3O2S/c1-18(24-17-38-26-10-6-5-9-21(24)26)33-14-20-11-12-35(16-23(20)19-7-3-2-4-8-19)27-13-25(29(30,31)32)22(15-34-27)28(36)37/h2-10,13,15,17-18,20,23,33H,11-12,14,16H2,1H3,(H,36,37)/t18-,20?,23?/m1/s1. The number of carboxylic acid groups (broad SMARTS) is 1. The Bertz CT molecular complexity index is 1420. The number of halogens is 3. The second-order valence-electron chi connectivity index (χ2n) is 9.72. The van der Waals surface area contributed by atoms with E-state index in [1.165, 1.54) is 15.6 Å². The van der Waals surface area contributed by atoms with Crippen LogP contribution in [0.4, 0.5) is 19.0 Å². The van der Waals surface area contributed by atoms with Crippen molar-refractivity contribution in [2.75, 3.05) is 24.5 Å². The highest BCUT2D eigenvalue weighted by Crippen LogP contribution is 2.38. The number of hydrogen-bond acceptors (Lipinski definition) is 5.